The minimum absolute atomic E-state index is 0. The summed E-state index contributed by atoms with van der Waals surface area (Å²) in [6.07, 6.45) is 2.64. The summed E-state index contributed by atoms with van der Waals surface area (Å²) in [7, 11) is 0. The van der Waals surface area contributed by atoms with Gasteiger partial charge in [-0.1, -0.05) is 20.8 Å². The van der Waals surface area contributed by atoms with E-state index in [1.165, 1.54) is 32.5 Å². The molecule has 1 heterocycles. The molecule has 0 aromatic carbocycles. The summed E-state index contributed by atoms with van der Waals surface area (Å²) < 4.78 is 0. The first kappa shape index (κ1) is 21.0. The highest BCUT2D eigenvalue weighted by Crippen LogP contribution is 2.16. The molecule has 2 unspecified atom stereocenters. The Morgan fingerprint density at radius 3 is 2.57 bits per heavy atom. The zero-order chi connectivity index (χ0) is 15.0. The lowest BCUT2D eigenvalue weighted by Gasteiger charge is -2.31. The van der Waals surface area contributed by atoms with Crippen molar-refractivity contribution in [3.8, 4) is 0 Å². The number of hydrogen-bond acceptors (Lipinski definition) is 2. The number of hydrogen-bond donors (Lipinski definition) is 2. The van der Waals surface area contributed by atoms with Gasteiger partial charge in [0.15, 0.2) is 5.96 Å². The van der Waals surface area contributed by atoms with Crippen molar-refractivity contribution in [2.75, 3.05) is 32.7 Å². The highest BCUT2D eigenvalue weighted by molar-refractivity contribution is 14.0. The molecular formula is C16H35IN4. The highest BCUT2D eigenvalue weighted by Gasteiger charge is 2.18. The van der Waals surface area contributed by atoms with E-state index in [-0.39, 0.29) is 24.0 Å². The van der Waals surface area contributed by atoms with Crippen molar-refractivity contribution in [1.82, 2.24) is 15.5 Å². The molecule has 1 rings (SSSR count). The maximum absolute atomic E-state index is 4.80. The van der Waals surface area contributed by atoms with E-state index in [4.69, 9.17) is 4.99 Å². The van der Waals surface area contributed by atoms with Crippen molar-refractivity contribution in [2.24, 2.45) is 16.8 Å². The summed E-state index contributed by atoms with van der Waals surface area (Å²) in [6.45, 7) is 16.6. The van der Waals surface area contributed by atoms with Gasteiger partial charge in [-0.2, -0.15) is 0 Å². The largest absolute Gasteiger partial charge is 0.357 e. The van der Waals surface area contributed by atoms with Gasteiger partial charge >= 0.3 is 0 Å². The predicted octanol–water partition coefficient (Wildman–Crippen LogP) is 2.94. The quantitative estimate of drug-likeness (QED) is 0.402. The maximum atomic E-state index is 4.80. The first-order valence-electron chi connectivity index (χ1n) is 8.34. The molecule has 1 saturated heterocycles. The third-order valence-electron chi connectivity index (χ3n) is 4.27. The molecule has 0 saturated carbocycles. The summed E-state index contributed by atoms with van der Waals surface area (Å²) in [6, 6.07) is 0.450. The van der Waals surface area contributed by atoms with Crippen molar-refractivity contribution in [1.29, 1.82) is 0 Å². The predicted molar refractivity (Wildman–Crippen MR) is 104 cm³/mol. The number of likely N-dealkylation sites (tertiary alicyclic amines) is 1. The van der Waals surface area contributed by atoms with Crippen LogP contribution in [0.25, 0.3) is 0 Å². The molecule has 1 aliphatic rings. The van der Waals surface area contributed by atoms with Crippen LogP contribution < -0.4 is 10.6 Å². The number of nitrogens with one attached hydrogen (secondary N) is 2. The van der Waals surface area contributed by atoms with E-state index >= 15 is 0 Å². The van der Waals surface area contributed by atoms with Crippen LogP contribution in [0.15, 0.2) is 4.99 Å². The lowest BCUT2D eigenvalue weighted by atomic mass is 9.98. The first-order valence-corrected chi connectivity index (χ1v) is 8.34. The summed E-state index contributed by atoms with van der Waals surface area (Å²) >= 11 is 0. The van der Waals surface area contributed by atoms with E-state index in [0.717, 1.165) is 19.0 Å². The van der Waals surface area contributed by atoms with Crippen LogP contribution in [0.4, 0.5) is 0 Å². The van der Waals surface area contributed by atoms with Crippen molar-refractivity contribution in [3.63, 3.8) is 0 Å². The highest BCUT2D eigenvalue weighted by atomic mass is 127. The van der Waals surface area contributed by atoms with Crippen LogP contribution in [-0.2, 0) is 0 Å². The van der Waals surface area contributed by atoms with Crippen molar-refractivity contribution < 1.29 is 0 Å². The molecule has 0 aromatic heterocycles. The van der Waals surface area contributed by atoms with Gasteiger partial charge in [-0.25, -0.2) is 0 Å². The molecule has 4 nitrogen and oxygen atoms in total. The Morgan fingerprint density at radius 2 is 2.00 bits per heavy atom. The van der Waals surface area contributed by atoms with Crippen LogP contribution in [0.2, 0.25) is 0 Å². The number of nitrogens with zero attached hydrogens (tertiary/aromatic N) is 2. The van der Waals surface area contributed by atoms with Gasteiger partial charge in [-0.15, -0.1) is 24.0 Å². The smallest absolute Gasteiger partial charge is 0.191 e. The minimum Gasteiger partial charge on any atom is -0.357 e. The fourth-order valence-electron chi connectivity index (χ4n) is 2.51. The summed E-state index contributed by atoms with van der Waals surface area (Å²) in [5.74, 6) is 2.31. The third-order valence-corrected chi connectivity index (χ3v) is 4.27. The van der Waals surface area contributed by atoms with E-state index in [0.29, 0.717) is 17.9 Å². The second-order valence-electron chi connectivity index (χ2n) is 6.30. The van der Waals surface area contributed by atoms with Crippen LogP contribution in [0.1, 0.15) is 47.5 Å². The third kappa shape index (κ3) is 8.24. The molecule has 2 atom stereocenters. The second-order valence-corrected chi connectivity index (χ2v) is 6.30. The monoisotopic (exact) mass is 410 g/mol. The fourth-order valence-corrected chi connectivity index (χ4v) is 2.51. The van der Waals surface area contributed by atoms with E-state index in [2.05, 4.69) is 50.2 Å². The van der Waals surface area contributed by atoms with Crippen LogP contribution in [0.3, 0.4) is 0 Å². The molecule has 0 bridgehead atoms. The van der Waals surface area contributed by atoms with E-state index < -0.39 is 0 Å². The molecule has 0 radical (unpaired) electrons. The average molecular weight is 410 g/mol. The summed E-state index contributed by atoms with van der Waals surface area (Å²) in [5.41, 5.74) is 0. The standard InChI is InChI=1S/C16H34N4.HI/c1-6-17-16(19-14(5)13(3)4)18-11-15-9-8-10-20(7-2)12-15;/h13-15H,6-12H2,1-5H3,(H2,17,18,19);1H. The maximum Gasteiger partial charge on any atom is 0.191 e. The molecule has 126 valence electrons. The molecule has 0 aliphatic carbocycles. The number of aliphatic imine (C=N–C) groups is 1. The molecule has 2 N–H and O–H groups in total. The van der Waals surface area contributed by atoms with Crippen LogP contribution in [0.5, 0.6) is 0 Å². The number of piperidine rings is 1. The number of guanidine groups is 1. The van der Waals surface area contributed by atoms with Gasteiger partial charge in [0.1, 0.15) is 0 Å². The minimum atomic E-state index is 0. The molecule has 1 aliphatic heterocycles. The van der Waals surface area contributed by atoms with Crippen molar-refractivity contribution >= 4 is 29.9 Å². The van der Waals surface area contributed by atoms with Gasteiger partial charge in [0.05, 0.1) is 0 Å². The van der Waals surface area contributed by atoms with E-state index in [9.17, 15) is 0 Å². The van der Waals surface area contributed by atoms with Crippen LogP contribution >= 0.6 is 24.0 Å². The van der Waals surface area contributed by atoms with Gasteiger partial charge in [0.25, 0.3) is 0 Å². The zero-order valence-corrected chi connectivity index (χ0v) is 16.8. The van der Waals surface area contributed by atoms with Gasteiger partial charge in [0.2, 0.25) is 0 Å². The SMILES string of the molecule is CCNC(=NCC1CCCN(CC)C1)NC(C)C(C)C.I. The topological polar surface area (TPSA) is 39.7 Å². The van der Waals surface area contributed by atoms with Gasteiger partial charge < -0.3 is 15.5 Å². The molecule has 1 fully saturated rings. The van der Waals surface area contributed by atoms with Crippen LogP contribution in [0, 0.1) is 11.8 Å². The zero-order valence-electron chi connectivity index (χ0n) is 14.5. The molecule has 0 amide bonds. The molecule has 0 aromatic rings. The molecule has 21 heavy (non-hydrogen) atoms. The molecular weight excluding hydrogens is 375 g/mol. The lowest BCUT2D eigenvalue weighted by molar-refractivity contribution is 0.186. The number of rotatable bonds is 6. The average Bonchev–Trinajstić information content (AvgIpc) is 2.45. The Hall–Kier alpha value is -0.0400. The van der Waals surface area contributed by atoms with Gasteiger partial charge in [-0.3, -0.25) is 4.99 Å². The second kappa shape index (κ2) is 11.5. The first-order chi connectivity index (χ1) is 9.56. The molecule has 5 heteroatoms. The Labute approximate surface area is 148 Å². The van der Waals surface area contributed by atoms with Crippen molar-refractivity contribution in [3.05, 3.63) is 0 Å². The van der Waals surface area contributed by atoms with Crippen LogP contribution in [-0.4, -0.2) is 49.6 Å². The van der Waals surface area contributed by atoms with E-state index in [1.54, 1.807) is 0 Å². The van der Waals surface area contributed by atoms with E-state index in [1.807, 2.05) is 0 Å². The fraction of sp³-hybridized carbons (Fsp3) is 0.938. The summed E-state index contributed by atoms with van der Waals surface area (Å²) in [5, 5.41) is 6.87. The Kier molecular flexibility index (Phi) is 11.5. The Morgan fingerprint density at radius 1 is 1.29 bits per heavy atom. The Bertz CT molecular complexity index is 294. The number of halogens is 1. The molecule has 0 spiro atoms. The van der Waals surface area contributed by atoms with Gasteiger partial charge in [0, 0.05) is 25.7 Å². The normalized spacial score (nSPS) is 21.8. The van der Waals surface area contributed by atoms with Gasteiger partial charge in [-0.05, 0) is 51.6 Å². The summed E-state index contributed by atoms with van der Waals surface area (Å²) in [4.78, 5) is 7.34. The Balaban J connectivity index is 0.00000400. The lowest BCUT2D eigenvalue weighted by Crippen LogP contribution is -2.45. The van der Waals surface area contributed by atoms with Crippen molar-refractivity contribution in [2.45, 2.75) is 53.5 Å².